The van der Waals surface area contributed by atoms with Gasteiger partial charge in [-0.15, -0.1) is 0 Å². The summed E-state index contributed by atoms with van der Waals surface area (Å²) in [4.78, 5) is 27.3. The van der Waals surface area contributed by atoms with Crippen LogP contribution < -0.4 is 10.6 Å². The van der Waals surface area contributed by atoms with Crippen LogP contribution in [0.3, 0.4) is 0 Å². The molecule has 6 heteroatoms. The minimum Gasteiger partial charge on any atom is -0.326 e. The van der Waals surface area contributed by atoms with Crippen LogP contribution in [0.15, 0.2) is 41.1 Å². The minimum absolute atomic E-state index is 0.156. The third kappa shape index (κ3) is 3.88. The summed E-state index contributed by atoms with van der Waals surface area (Å²) in [7, 11) is 0. The molecular formula is C15H14BrN3O2. The first-order chi connectivity index (χ1) is 9.97. The molecule has 1 heterocycles. The number of nitrogens with one attached hydrogen (secondary N) is 2. The van der Waals surface area contributed by atoms with Crippen molar-refractivity contribution < 1.29 is 9.59 Å². The van der Waals surface area contributed by atoms with E-state index in [2.05, 4.69) is 31.5 Å². The second-order valence-corrected chi connectivity index (χ2v) is 5.26. The van der Waals surface area contributed by atoms with Crippen LogP contribution >= 0.6 is 15.9 Å². The Hall–Kier alpha value is -2.21. The molecule has 21 heavy (non-hydrogen) atoms. The molecule has 2 amide bonds. The Labute approximate surface area is 130 Å². The lowest BCUT2D eigenvalue weighted by Crippen LogP contribution is -2.14. The van der Waals surface area contributed by atoms with E-state index in [0.29, 0.717) is 21.5 Å². The fourth-order valence-electron chi connectivity index (χ4n) is 1.78. The Morgan fingerprint density at radius 2 is 1.95 bits per heavy atom. The number of aromatic nitrogens is 1. The largest absolute Gasteiger partial charge is 0.326 e. The molecule has 108 valence electrons. The van der Waals surface area contributed by atoms with Gasteiger partial charge in [-0.25, -0.2) is 4.98 Å². The highest BCUT2D eigenvalue weighted by molar-refractivity contribution is 9.10. The smallest absolute Gasteiger partial charge is 0.258 e. The molecule has 2 N–H and O–H groups in total. The molecule has 0 atom stereocenters. The maximum absolute atomic E-state index is 12.2. The van der Waals surface area contributed by atoms with Crippen LogP contribution in [0, 0.1) is 6.92 Å². The number of hydrogen-bond acceptors (Lipinski definition) is 3. The van der Waals surface area contributed by atoms with E-state index in [1.807, 2.05) is 13.0 Å². The van der Waals surface area contributed by atoms with Crippen molar-refractivity contribution >= 4 is 39.1 Å². The molecule has 0 saturated heterocycles. The number of anilines is 2. The first-order valence-electron chi connectivity index (χ1n) is 6.27. The zero-order chi connectivity index (χ0) is 15.4. The van der Waals surface area contributed by atoms with Crippen molar-refractivity contribution in [2.45, 2.75) is 13.8 Å². The van der Waals surface area contributed by atoms with Gasteiger partial charge in [0.25, 0.3) is 5.91 Å². The topological polar surface area (TPSA) is 71.1 Å². The number of hydrogen-bond donors (Lipinski definition) is 2. The fourth-order valence-corrected chi connectivity index (χ4v) is 2.21. The van der Waals surface area contributed by atoms with Gasteiger partial charge < -0.3 is 10.6 Å². The Kier molecular flexibility index (Phi) is 4.70. The molecule has 0 aliphatic rings. The van der Waals surface area contributed by atoms with Gasteiger partial charge >= 0.3 is 0 Å². The molecule has 2 aromatic rings. The molecular weight excluding hydrogens is 334 g/mol. The predicted molar refractivity (Wildman–Crippen MR) is 85.4 cm³/mol. The van der Waals surface area contributed by atoms with E-state index >= 15 is 0 Å². The van der Waals surface area contributed by atoms with E-state index < -0.39 is 0 Å². The minimum atomic E-state index is -0.271. The number of carbonyl (C=O) groups excluding carboxylic acids is 2. The van der Waals surface area contributed by atoms with E-state index in [-0.39, 0.29) is 11.8 Å². The third-order valence-electron chi connectivity index (χ3n) is 2.81. The second-order valence-electron chi connectivity index (χ2n) is 4.51. The molecule has 0 spiro atoms. The summed E-state index contributed by atoms with van der Waals surface area (Å²) in [6.45, 7) is 3.33. The zero-order valence-electron chi connectivity index (χ0n) is 11.6. The standard InChI is InChI=1S/C15H14BrN3O2/c1-9-5-6-11(8-13(9)18-10(2)20)19-15(21)12-4-3-7-17-14(12)16/h3-8H,1-2H3,(H,18,20)(H,19,21). The highest BCUT2D eigenvalue weighted by Crippen LogP contribution is 2.21. The van der Waals surface area contributed by atoms with Crippen LogP contribution in [-0.4, -0.2) is 16.8 Å². The fraction of sp³-hybridized carbons (Fsp3) is 0.133. The Balaban J connectivity index is 2.22. The van der Waals surface area contributed by atoms with E-state index in [4.69, 9.17) is 0 Å². The molecule has 1 aromatic carbocycles. The van der Waals surface area contributed by atoms with Crippen LogP contribution in [0.5, 0.6) is 0 Å². The van der Waals surface area contributed by atoms with Crippen molar-refractivity contribution in [1.29, 1.82) is 0 Å². The van der Waals surface area contributed by atoms with Crippen LogP contribution in [0.4, 0.5) is 11.4 Å². The molecule has 5 nitrogen and oxygen atoms in total. The number of aryl methyl sites for hydroxylation is 1. The van der Waals surface area contributed by atoms with Crippen molar-refractivity contribution in [2.75, 3.05) is 10.6 Å². The maximum atomic E-state index is 12.2. The molecule has 0 saturated carbocycles. The number of pyridine rings is 1. The van der Waals surface area contributed by atoms with Crippen molar-refractivity contribution in [3.8, 4) is 0 Å². The van der Waals surface area contributed by atoms with Crippen LogP contribution in [0.25, 0.3) is 0 Å². The lowest BCUT2D eigenvalue weighted by atomic mass is 10.1. The van der Waals surface area contributed by atoms with Crippen LogP contribution in [0.2, 0.25) is 0 Å². The number of benzene rings is 1. The summed E-state index contributed by atoms with van der Waals surface area (Å²) >= 11 is 3.24. The van der Waals surface area contributed by atoms with Crippen molar-refractivity contribution in [3.05, 3.63) is 52.3 Å². The quantitative estimate of drug-likeness (QED) is 0.836. The summed E-state index contributed by atoms with van der Waals surface area (Å²) in [5.74, 6) is -0.427. The lowest BCUT2D eigenvalue weighted by molar-refractivity contribution is -0.114. The molecule has 0 bridgehead atoms. The average Bonchev–Trinajstić information content (AvgIpc) is 2.42. The molecule has 1 aromatic heterocycles. The summed E-state index contributed by atoms with van der Waals surface area (Å²) in [6.07, 6.45) is 1.60. The van der Waals surface area contributed by atoms with Gasteiger partial charge in [-0.2, -0.15) is 0 Å². The van der Waals surface area contributed by atoms with Crippen molar-refractivity contribution in [3.63, 3.8) is 0 Å². The van der Waals surface area contributed by atoms with Gasteiger partial charge in [-0.05, 0) is 52.7 Å². The van der Waals surface area contributed by atoms with Crippen LogP contribution in [0.1, 0.15) is 22.8 Å². The van der Waals surface area contributed by atoms with Crippen molar-refractivity contribution in [1.82, 2.24) is 4.98 Å². The maximum Gasteiger partial charge on any atom is 0.258 e. The highest BCUT2D eigenvalue weighted by Gasteiger charge is 2.11. The van der Waals surface area contributed by atoms with Gasteiger partial charge in [0, 0.05) is 24.5 Å². The van der Waals surface area contributed by atoms with E-state index in [1.54, 1.807) is 30.5 Å². The number of carbonyl (C=O) groups is 2. The van der Waals surface area contributed by atoms with E-state index in [1.165, 1.54) is 6.92 Å². The average molecular weight is 348 g/mol. The monoisotopic (exact) mass is 347 g/mol. The molecule has 0 fully saturated rings. The molecule has 0 unspecified atom stereocenters. The van der Waals surface area contributed by atoms with Gasteiger partial charge in [-0.1, -0.05) is 6.07 Å². The van der Waals surface area contributed by atoms with Gasteiger partial charge in [0.05, 0.1) is 5.56 Å². The van der Waals surface area contributed by atoms with Gasteiger partial charge in [0.2, 0.25) is 5.91 Å². The highest BCUT2D eigenvalue weighted by atomic mass is 79.9. The molecule has 0 aliphatic carbocycles. The summed E-state index contributed by atoms with van der Waals surface area (Å²) in [5.41, 5.74) is 2.64. The lowest BCUT2D eigenvalue weighted by Gasteiger charge is -2.11. The first kappa shape index (κ1) is 15.2. The first-order valence-corrected chi connectivity index (χ1v) is 7.07. The van der Waals surface area contributed by atoms with Gasteiger partial charge in [0.15, 0.2) is 0 Å². The van der Waals surface area contributed by atoms with E-state index in [0.717, 1.165) is 5.56 Å². The zero-order valence-corrected chi connectivity index (χ0v) is 13.2. The predicted octanol–water partition coefficient (Wildman–Crippen LogP) is 3.36. The Morgan fingerprint density at radius 3 is 2.62 bits per heavy atom. The molecule has 0 aliphatic heterocycles. The third-order valence-corrected chi connectivity index (χ3v) is 3.44. The Morgan fingerprint density at radius 1 is 1.19 bits per heavy atom. The number of nitrogens with zero attached hydrogens (tertiary/aromatic N) is 1. The summed E-state index contributed by atoms with van der Waals surface area (Å²) in [6, 6.07) is 8.70. The second kappa shape index (κ2) is 6.49. The van der Waals surface area contributed by atoms with Gasteiger partial charge in [-0.3, -0.25) is 9.59 Å². The number of amides is 2. The summed E-state index contributed by atoms with van der Waals surface area (Å²) in [5, 5.41) is 5.51. The number of halogens is 1. The van der Waals surface area contributed by atoms with E-state index in [9.17, 15) is 9.59 Å². The van der Waals surface area contributed by atoms with Crippen molar-refractivity contribution in [2.24, 2.45) is 0 Å². The SMILES string of the molecule is CC(=O)Nc1cc(NC(=O)c2cccnc2Br)ccc1C. The summed E-state index contributed by atoms with van der Waals surface area (Å²) < 4.78 is 0.483. The molecule has 2 rings (SSSR count). The Bertz CT molecular complexity index is 701. The molecule has 0 radical (unpaired) electrons. The normalized spacial score (nSPS) is 10.0. The number of rotatable bonds is 3. The van der Waals surface area contributed by atoms with Crippen LogP contribution in [-0.2, 0) is 4.79 Å². The van der Waals surface area contributed by atoms with Gasteiger partial charge in [0.1, 0.15) is 4.60 Å².